The summed E-state index contributed by atoms with van der Waals surface area (Å²) >= 11 is 0. The van der Waals surface area contributed by atoms with Gasteiger partial charge >= 0.3 is 12.1 Å². The number of alkyl halides is 3. The summed E-state index contributed by atoms with van der Waals surface area (Å²) in [5.74, 6) is -1.09. The van der Waals surface area contributed by atoms with Crippen LogP contribution in [0.25, 0.3) is 16.8 Å². The summed E-state index contributed by atoms with van der Waals surface area (Å²) in [5.41, 5.74) is 7.55. The van der Waals surface area contributed by atoms with Crippen LogP contribution in [0.3, 0.4) is 0 Å². The first-order valence-electron chi connectivity index (χ1n) is 13.7. The molecule has 0 amide bonds. The first kappa shape index (κ1) is 28.5. The molecule has 0 bridgehead atoms. The molecule has 2 aliphatic rings. The smallest absolute Gasteiger partial charge is 0.429 e. The summed E-state index contributed by atoms with van der Waals surface area (Å²) in [7, 11) is 0. The molecule has 6 rings (SSSR count). The maximum Gasteiger partial charge on any atom is 0.429 e. The van der Waals surface area contributed by atoms with Crippen LogP contribution in [0.5, 0.6) is 5.88 Å². The van der Waals surface area contributed by atoms with Crippen LogP contribution in [0, 0.1) is 12.3 Å². The molecule has 0 saturated carbocycles. The van der Waals surface area contributed by atoms with Crippen LogP contribution >= 0.6 is 0 Å². The van der Waals surface area contributed by atoms with Gasteiger partial charge in [-0.1, -0.05) is 17.3 Å². The molecule has 1 aromatic carbocycles. The minimum Gasteiger partial charge on any atom is -0.480 e. The maximum atomic E-state index is 14.7. The summed E-state index contributed by atoms with van der Waals surface area (Å²) in [5, 5.41) is 20.4. The first-order valence-corrected chi connectivity index (χ1v) is 13.7. The third kappa shape index (κ3) is 5.84. The molecule has 3 aromatic heterocycles. The van der Waals surface area contributed by atoms with E-state index >= 15 is 0 Å². The van der Waals surface area contributed by atoms with Gasteiger partial charge in [0.1, 0.15) is 18.1 Å². The Balaban J connectivity index is 1.29. The molecule has 226 valence electrons. The number of aryl methyl sites for hydroxylation is 1. The van der Waals surface area contributed by atoms with Gasteiger partial charge in [0.15, 0.2) is 0 Å². The van der Waals surface area contributed by atoms with Crippen molar-refractivity contribution < 1.29 is 32.3 Å². The first-order chi connectivity index (χ1) is 20.5. The van der Waals surface area contributed by atoms with Crippen LogP contribution in [0.1, 0.15) is 36.6 Å². The molecule has 1 spiro atoms. The van der Waals surface area contributed by atoms with E-state index in [2.05, 4.69) is 25.5 Å². The zero-order valence-electron chi connectivity index (χ0n) is 23.1. The van der Waals surface area contributed by atoms with Gasteiger partial charge in [-0.05, 0) is 49.3 Å². The number of carboxylic acid groups (broad SMARTS) is 1. The Labute approximate surface area is 243 Å². The molecule has 2 aliphatic heterocycles. The van der Waals surface area contributed by atoms with Crippen molar-refractivity contribution in [1.29, 1.82) is 0 Å². The number of aliphatic carboxylic acids is 1. The van der Waals surface area contributed by atoms with Crippen molar-refractivity contribution >= 4 is 17.7 Å². The third-order valence-electron chi connectivity index (χ3n) is 8.10. The highest BCUT2D eigenvalue weighted by Crippen LogP contribution is 2.42. The van der Waals surface area contributed by atoms with Gasteiger partial charge < -0.3 is 30.3 Å². The predicted molar refractivity (Wildman–Crippen MR) is 148 cm³/mol. The number of halogens is 3. The lowest BCUT2D eigenvalue weighted by Gasteiger charge is -2.39. The highest BCUT2D eigenvalue weighted by Gasteiger charge is 2.46. The average molecular weight is 599 g/mol. The molecule has 5 heterocycles. The van der Waals surface area contributed by atoms with Gasteiger partial charge in [-0.2, -0.15) is 28.2 Å². The number of hydrogen-bond acceptors (Lipinski definition) is 10. The van der Waals surface area contributed by atoms with Gasteiger partial charge in [0.2, 0.25) is 17.9 Å². The topological polar surface area (TPSA) is 157 Å². The predicted octanol–water partition coefficient (Wildman–Crippen LogP) is 3.92. The number of piperidine rings is 1. The van der Waals surface area contributed by atoms with E-state index in [1.54, 1.807) is 25.3 Å². The van der Waals surface area contributed by atoms with Gasteiger partial charge in [0.25, 0.3) is 0 Å². The van der Waals surface area contributed by atoms with Crippen LogP contribution in [0.4, 0.5) is 24.9 Å². The van der Waals surface area contributed by atoms with Crippen LogP contribution in [-0.2, 0) is 4.79 Å². The highest BCUT2D eigenvalue weighted by molar-refractivity contribution is 5.74. The van der Waals surface area contributed by atoms with Crippen molar-refractivity contribution in [3.8, 4) is 22.7 Å². The number of nitrogen functional groups attached to an aromatic ring is 1. The van der Waals surface area contributed by atoms with Crippen molar-refractivity contribution in [3.05, 3.63) is 60.2 Å². The molecular weight excluding hydrogens is 569 g/mol. The summed E-state index contributed by atoms with van der Waals surface area (Å²) in [6.45, 7) is 3.39. The number of nitrogens with zero attached hydrogens (tertiary/aromatic N) is 6. The zero-order valence-corrected chi connectivity index (χ0v) is 23.1. The van der Waals surface area contributed by atoms with Crippen molar-refractivity contribution in [2.45, 2.75) is 44.5 Å². The Bertz CT molecular complexity index is 1620. The lowest BCUT2D eigenvalue weighted by atomic mass is 9.76. The Kier molecular flexibility index (Phi) is 7.20. The quantitative estimate of drug-likeness (QED) is 0.283. The number of carboxylic acids is 1. The number of nitrogens with one attached hydrogen (secondary N) is 1. The Morgan fingerprint density at radius 1 is 1.21 bits per heavy atom. The minimum absolute atomic E-state index is 0.154. The summed E-state index contributed by atoms with van der Waals surface area (Å²) in [6.07, 6.45) is -0.894. The summed E-state index contributed by atoms with van der Waals surface area (Å²) < 4.78 is 55.9. The Hall–Kier alpha value is -4.66. The van der Waals surface area contributed by atoms with Crippen molar-refractivity contribution in [1.82, 2.24) is 30.2 Å². The molecular formula is C28H29F3N8O4. The maximum absolute atomic E-state index is 14.7. The molecule has 2 fully saturated rings. The van der Waals surface area contributed by atoms with E-state index in [0.717, 1.165) is 0 Å². The van der Waals surface area contributed by atoms with Crippen LogP contribution in [0.2, 0.25) is 0 Å². The van der Waals surface area contributed by atoms with Crippen molar-refractivity contribution in [2.24, 2.45) is 5.41 Å². The number of nitrogens with two attached hydrogens (primary N) is 1. The van der Waals surface area contributed by atoms with Crippen LogP contribution in [0.15, 0.2) is 53.5 Å². The van der Waals surface area contributed by atoms with E-state index in [4.69, 9.17) is 15.0 Å². The van der Waals surface area contributed by atoms with E-state index < -0.39 is 24.3 Å². The SMILES string of the molecule is Cc1ccn(-c2cc(-c3cnoc3)ccc2[C@@H](Oc2cc(N3CCC4(CC3)CNC(C(=O)O)C4)nc(N)n2)C(F)(F)F)n1. The second kappa shape index (κ2) is 10.9. The average Bonchev–Trinajstić information content (AvgIpc) is 3.73. The number of aromatic nitrogens is 5. The largest absolute Gasteiger partial charge is 0.480 e. The fourth-order valence-electron chi connectivity index (χ4n) is 5.80. The normalized spacial score (nSPS) is 19.1. The Morgan fingerprint density at radius 2 is 2.00 bits per heavy atom. The number of carbonyl (C=O) groups is 1. The minimum atomic E-state index is -4.83. The second-order valence-electron chi connectivity index (χ2n) is 11.0. The van der Waals surface area contributed by atoms with Gasteiger partial charge in [0.05, 0.1) is 17.6 Å². The fraction of sp³-hybridized carbons (Fsp3) is 0.393. The lowest BCUT2D eigenvalue weighted by molar-refractivity contribution is -0.198. The van der Waals surface area contributed by atoms with E-state index in [-0.39, 0.29) is 28.5 Å². The van der Waals surface area contributed by atoms with E-state index in [0.29, 0.717) is 61.5 Å². The van der Waals surface area contributed by atoms with Gasteiger partial charge in [-0.25, -0.2) is 4.68 Å². The number of benzene rings is 1. The summed E-state index contributed by atoms with van der Waals surface area (Å²) in [4.78, 5) is 21.5. The standard InChI is InChI=1S/C28H29F3N8O4/c1-16-4-7-39(37-16)21-10-17(18-13-34-42-14-18)2-3-19(21)24(28(29,30)31)43-23-11-22(35-26(32)36-23)38-8-5-27(6-9-38)12-20(25(40)41)33-15-27/h2-4,7,10-11,13-14,20,24,33H,5-6,8-9,12,15H2,1H3,(H,40,41)(H2,32,35,36)/t20?,24-/m1/s1. The van der Waals surface area contributed by atoms with E-state index in [9.17, 15) is 23.1 Å². The van der Waals surface area contributed by atoms with Gasteiger partial charge in [-0.3, -0.25) is 4.79 Å². The molecule has 1 unspecified atom stereocenters. The van der Waals surface area contributed by atoms with Crippen LogP contribution in [-0.4, -0.2) is 67.8 Å². The van der Waals surface area contributed by atoms with E-state index in [1.807, 2.05) is 4.90 Å². The summed E-state index contributed by atoms with van der Waals surface area (Å²) in [6, 6.07) is 6.88. The molecule has 15 heteroatoms. The molecule has 0 aliphatic carbocycles. The van der Waals surface area contributed by atoms with Gasteiger partial charge in [0, 0.05) is 43.0 Å². The molecule has 4 N–H and O–H groups in total. The van der Waals surface area contributed by atoms with Crippen molar-refractivity contribution in [3.63, 3.8) is 0 Å². The molecule has 12 nitrogen and oxygen atoms in total. The second-order valence-corrected chi connectivity index (χ2v) is 11.0. The molecule has 2 atom stereocenters. The van der Waals surface area contributed by atoms with Crippen LogP contribution < -0.4 is 20.7 Å². The molecule has 0 radical (unpaired) electrons. The Morgan fingerprint density at radius 3 is 2.63 bits per heavy atom. The third-order valence-corrected chi connectivity index (χ3v) is 8.10. The number of anilines is 2. The fourth-order valence-corrected chi connectivity index (χ4v) is 5.80. The zero-order chi connectivity index (χ0) is 30.4. The van der Waals surface area contributed by atoms with E-state index in [1.165, 1.54) is 35.3 Å². The highest BCUT2D eigenvalue weighted by atomic mass is 19.4. The van der Waals surface area contributed by atoms with Crippen molar-refractivity contribution in [2.75, 3.05) is 30.3 Å². The van der Waals surface area contributed by atoms with Gasteiger partial charge in [-0.15, -0.1) is 0 Å². The monoisotopic (exact) mass is 598 g/mol. The number of hydrogen-bond donors (Lipinski definition) is 3. The molecule has 4 aromatic rings. The number of rotatable bonds is 7. The lowest BCUT2D eigenvalue weighted by Crippen LogP contribution is -2.41. The molecule has 43 heavy (non-hydrogen) atoms. The molecule has 2 saturated heterocycles. The number of ether oxygens (including phenoxy) is 1.